The van der Waals surface area contributed by atoms with E-state index in [1.54, 1.807) is 6.08 Å². The number of likely N-dealkylation sites (tertiary alicyclic amines) is 1. The summed E-state index contributed by atoms with van der Waals surface area (Å²) in [6, 6.07) is 9.72. The predicted molar refractivity (Wildman–Crippen MR) is 70.8 cm³/mol. The Labute approximate surface area is 108 Å². The Morgan fingerprint density at radius 1 is 1.28 bits per heavy atom. The minimum absolute atomic E-state index is 0.261. The Kier molecular flexibility index (Phi) is 4.40. The van der Waals surface area contributed by atoms with E-state index < -0.39 is 0 Å². The summed E-state index contributed by atoms with van der Waals surface area (Å²) < 4.78 is 5.22. The van der Waals surface area contributed by atoms with Crippen molar-refractivity contribution in [2.45, 2.75) is 26.4 Å². The average Bonchev–Trinajstić information content (AvgIpc) is 2.91. The van der Waals surface area contributed by atoms with E-state index in [0.29, 0.717) is 6.61 Å². The fraction of sp³-hybridized carbons (Fsp3) is 0.400. The molecular weight excluding hydrogens is 226 g/mol. The first-order valence-electron chi connectivity index (χ1n) is 6.39. The van der Waals surface area contributed by atoms with Gasteiger partial charge in [-0.05, 0) is 25.3 Å². The summed E-state index contributed by atoms with van der Waals surface area (Å²) in [7, 11) is 0. The number of benzene rings is 1. The zero-order valence-corrected chi connectivity index (χ0v) is 10.8. The maximum Gasteiger partial charge on any atom is 0.332 e. The molecule has 1 aliphatic rings. The molecule has 1 aliphatic heterocycles. The predicted octanol–water partition coefficient (Wildman–Crippen LogP) is 2.73. The first kappa shape index (κ1) is 12.7. The Morgan fingerprint density at radius 2 is 1.94 bits per heavy atom. The second kappa shape index (κ2) is 6.24. The van der Waals surface area contributed by atoms with Crippen molar-refractivity contribution in [3.05, 3.63) is 47.7 Å². The molecule has 1 fully saturated rings. The second-order valence-corrected chi connectivity index (χ2v) is 4.57. The lowest BCUT2D eigenvalue weighted by Gasteiger charge is -2.17. The Hall–Kier alpha value is -1.77. The molecule has 3 heteroatoms. The molecule has 0 aliphatic carbocycles. The number of rotatable bonds is 4. The van der Waals surface area contributed by atoms with E-state index in [0.717, 1.165) is 24.4 Å². The van der Waals surface area contributed by atoms with Crippen molar-refractivity contribution in [3.8, 4) is 0 Å². The van der Waals surface area contributed by atoms with Crippen LogP contribution in [0, 0.1) is 0 Å². The molecule has 0 saturated carbocycles. The highest BCUT2D eigenvalue weighted by molar-refractivity contribution is 5.82. The highest BCUT2D eigenvalue weighted by atomic mass is 16.5. The van der Waals surface area contributed by atoms with Crippen LogP contribution < -0.4 is 0 Å². The normalized spacial score (nSPS) is 15.8. The van der Waals surface area contributed by atoms with Gasteiger partial charge in [0.1, 0.15) is 6.61 Å². The van der Waals surface area contributed by atoms with Crippen LogP contribution in [0.2, 0.25) is 0 Å². The van der Waals surface area contributed by atoms with Gasteiger partial charge in [0.2, 0.25) is 0 Å². The standard InChI is InChI=1S/C15H19NO2/c1-13(16-9-5-6-10-16)11-15(17)18-12-14-7-3-2-4-8-14/h2-4,7-8,11H,5-6,9-10,12H2,1H3. The Bertz CT molecular complexity index is 419. The molecule has 1 heterocycles. The molecule has 0 N–H and O–H groups in total. The van der Waals surface area contributed by atoms with Gasteiger partial charge in [0, 0.05) is 24.9 Å². The van der Waals surface area contributed by atoms with Gasteiger partial charge in [-0.15, -0.1) is 0 Å². The van der Waals surface area contributed by atoms with Crippen molar-refractivity contribution in [3.63, 3.8) is 0 Å². The molecule has 2 rings (SSSR count). The van der Waals surface area contributed by atoms with Crippen LogP contribution in [0.4, 0.5) is 0 Å². The average molecular weight is 245 g/mol. The van der Waals surface area contributed by atoms with Crippen LogP contribution in [0.5, 0.6) is 0 Å². The summed E-state index contributed by atoms with van der Waals surface area (Å²) in [5.41, 5.74) is 2.02. The lowest BCUT2D eigenvalue weighted by Crippen LogP contribution is -2.18. The van der Waals surface area contributed by atoms with E-state index in [-0.39, 0.29) is 5.97 Å². The molecule has 0 amide bonds. The molecule has 3 nitrogen and oxygen atoms in total. The molecule has 0 radical (unpaired) electrons. The van der Waals surface area contributed by atoms with Gasteiger partial charge >= 0.3 is 5.97 Å². The quantitative estimate of drug-likeness (QED) is 0.603. The highest BCUT2D eigenvalue weighted by Crippen LogP contribution is 2.14. The van der Waals surface area contributed by atoms with Gasteiger partial charge in [0.25, 0.3) is 0 Å². The van der Waals surface area contributed by atoms with Gasteiger partial charge in [0.15, 0.2) is 0 Å². The molecule has 0 aromatic heterocycles. The summed E-state index contributed by atoms with van der Waals surface area (Å²) >= 11 is 0. The summed E-state index contributed by atoms with van der Waals surface area (Å²) in [5, 5.41) is 0. The van der Waals surface area contributed by atoms with Crippen molar-refractivity contribution in [2.75, 3.05) is 13.1 Å². The van der Waals surface area contributed by atoms with E-state index in [1.807, 2.05) is 37.3 Å². The largest absolute Gasteiger partial charge is 0.458 e. The van der Waals surface area contributed by atoms with Crippen LogP contribution in [-0.2, 0) is 16.1 Å². The topological polar surface area (TPSA) is 29.5 Å². The third-order valence-electron chi connectivity index (χ3n) is 3.16. The third-order valence-corrected chi connectivity index (χ3v) is 3.16. The van der Waals surface area contributed by atoms with Gasteiger partial charge in [-0.25, -0.2) is 4.79 Å². The lowest BCUT2D eigenvalue weighted by atomic mass is 10.2. The molecule has 0 unspecified atom stereocenters. The lowest BCUT2D eigenvalue weighted by molar-refractivity contribution is -0.139. The summed E-state index contributed by atoms with van der Waals surface area (Å²) in [5.74, 6) is -0.261. The minimum atomic E-state index is -0.261. The van der Waals surface area contributed by atoms with Gasteiger partial charge < -0.3 is 9.64 Å². The fourth-order valence-electron chi connectivity index (χ4n) is 2.10. The molecule has 1 aromatic rings. The Morgan fingerprint density at radius 3 is 2.61 bits per heavy atom. The summed E-state index contributed by atoms with van der Waals surface area (Å²) in [6.07, 6.45) is 4.02. The molecule has 1 aromatic carbocycles. The number of ether oxygens (including phenoxy) is 1. The van der Waals surface area contributed by atoms with Gasteiger partial charge in [-0.1, -0.05) is 30.3 Å². The summed E-state index contributed by atoms with van der Waals surface area (Å²) in [6.45, 7) is 4.40. The third kappa shape index (κ3) is 3.62. The number of carbonyl (C=O) groups is 1. The zero-order valence-electron chi connectivity index (χ0n) is 10.8. The Balaban J connectivity index is 1.83. The number of esters is 1. The highest BCUT2D eigenvalue weighted by Gasteiger charge is 2.12. The van der Waals surface area contributed by atoms with Crippen molar-refractivity contribution in [1.82, 2.24) is 4.90 Å². The van der Waals surface area contributed by atoms with E-state index in [2.05, 4.69) is 4.90 Å². The van der Waals surface area contributed by atoms with Crippen LogP contribution in [0.15, 0.2) is 42.1 Å². The molecule has 0 bridgehead atoms. The number of nitrogens with zero attached hydrogens (tertiary/aromatic N) is 1. The van der Waals surface area contributed by atoms with Crippen molar-refractivity contribution >= 4 is 5.97 Å². The SMILES string of the molecule is CC(=CC(=O)OCc1ccccc1)N1CCCC1. The van der Waals surface area contributed by atoms with E-state index >= 15 is 0 Å². The number of hydrogen-bond donors (Lipinski definition) is 0. The number of carbonyl (C=O) groups excluding carboxylic acids is 1. The van der Waals surface area contributed by atoms with Crippen LogP contribution in [0.25, 0.3) is 0 Å². The first-order chi connectivity index (χ1) is 8.75. The van der Waals surface area contributed by atoms with E-state index in [9.17, 15) is 4.79 Å². The maximum atomic E-state index is 11.7. The van der Waals surface area contributed by atoms with Crippen LogP contribution in [0.3, 0.4) is 0 Å². The van der Waals surface area contributed by atoms with Crippen molar-refractivity contribution < 1.29 is 9.53 Å². The van der Waals surface area contributed by atoms with E-state index in [1.165, 1.54) is 12.8 Å². The van der Waals surface area contributed by atoms with Gasteiger partial charge in [-0.3, -0.25) is 0 Å². The molecule has 18 heavy (non-hydrogen) atoms. The number of hydrogen-bond acceptors (Lipinski definition) is 3. The summed E-state index contributed by atoms with van der Waals surface area (Å²) in [4.78, 5) is 13.9. The van der Waals surface area contributed by atoms with Gasteiger partial charge in [0.05, 0.1) is 0 Å². The van der Waals surface area contributed by atoms with E-state index in [4.69, 9.17) is 4.74 Å². The molecule has 96 valence electrons. The maximum absolute atomic E-state index is 11.7. The monoisotopic (exact) mass is 245 g/mol. The minimum Gasteiger partial charge on any atom is -0.458 e. The molecule has 0 atom stereocenters. The van der Waals surface area contributed by atoms with Crippen LogP contribution >= 0.6 is 0 Å². The van der Waals surface area contributed by atoms with Crippen LogP contribution in [0.1, 0.15) is 25.3 Å². The second-order valence-electron chi connectivity index (χ2n) is 4.57. The first-order valence-corrected chi connectivity index (χ1v) is 6.39. The molecular formula is C15H19NO2. The van der Waals surface area contributed by atoms with Crippen LogP contribution in [-0.4, -0.2) is 24.0 Å². The zero-order chi connectivity index (χ0) is 12.8. The molecule has 1 saturated heterocycles. The van der Waals surface area contributed by atoms with Crippen molar-refractivity contribution in [1.29, 1.82) is 0 Å². The van der Waals surface area contributed by atoms with Crippen molar-refractivity contribution in [2.24, 2.45) is 0 Å². The smallest absolute Gasteiger partial charge is 0.332 e. The molecule has 0 spiro atoms. The fourth-order valence-corrected chi connectivity index (χ4v) is 2.10. The van der Waals surface area contributed by atoms with Gasteiger partial charge in [-0.2, -0.15) is 0 Å². The number of allylic oxidation sites excluding steroid dienone is 1.